The average Bonchev–Trinajstić information content (AvgIpc) is 1.61. The lowest BCUT2D eigenvalue weighted by molar-refractivity contribution is 1.22. The van der Waals surface area contributed by atoms with E-state index >= 15 is 0 Å². The van der Waals surface area contributed by atoms with Crippen molar-refractivity contribution in [3.63, 3.8) is 0 Å². The van der Waals surface area contributed by atoms with Crippen LogP contribution in [0.1, 0.15) is 6.42 Å². The predicted octanol–water partition coefficient (Wildman–Crippen LogP) is 1.48. The number of halogens is 2. The average molecular weight is 155 g/mol. The molecule has 0 aliphatic carbocycles. The molecule has 0 aliphatic rings. The third-order valence-corrected chi connectivity index (χ3v) is 1.47. The largest absolute Gasteiger partial charge is 0.102 e. The minimum Gasteiger partial charge on any atom is -0.0713 e. The Balaban J connectivity index is 3.08. The van der Waals surface area contributed by atoms with E-state index in [1.807, 2.05) is 6.08 Å². The summed E-state index contributed by atoms with van der Waals surface area (Å²) in [5, 5.41) is 0. The molecule has 0 amide bonds. The normalized spacial score (nSPS) is 8.86. The van der Waals surface area contributed by atoms with Crippen LogP contribution in [0.25, 0.3) is 0 Å². The number of hydrogen-bond donors (Lipinski definition) is 0. The molecule has 0 aromatic carbocycles. The SMILES string of the molecule is [SiH3]CCC=C(Cl)Cl. The topological polar surface area (TPSA) is 0 Å². The highest BCUT2D eigenvalue weighted by Gasteiger charge is 1.78. The Hall–Kier alpha value is 0.537. The second kappa shape index (κ2) is 4.69. The molecular weight excluding hydrogens is 147 g/mol. The standard InChI is InChI=1S/C4H8Cl2Si/c5-4(6)2-1-3-7/h2H,1,3H2,7H3. The molecule has 0 heterocycles. The van der Waals surface area contributed by atoms with Crippen LogP contribution in [0.15, 0.2) is 10.6 Å². The van der Waals surface area contributed by atoms with Gasteiger partial charge in [-0.3, -0.25) is 0 Å². The Bertz CT molecular complexity index is 66.1. The first kappa shape index (κ1) is 7.54. The van der Waals surface area contributed by atoms with E-state index in [0.717, 1.165) is 6.42 Å². The van der Waals surface area contributed by atoms with E-state index in [4.69, 9.17) is 23.2 Å². The van der Waals surface area contributed by atoms with E-state index in [1.165, 1.54) is 16.3 Å². The summed E-state index contributed by atoms with van der Waals surface area (Å²) in [5.41, 5.74) is 0. The first-order valence-corrected chi connectivity index (χ1v) is 4.45. The summed E-state index contributed by atoms with van der Waals surface area (Å²) in [6.45, 7) is 0. The molecule has 0 nitrogen and oxygen atoms in total. The summed E-state index contributed by atoms with van der Waals surface area (Å²) in [5.74, 6) is 0. The van der Waals surface area contributed by atoms with E-state index in [0.29, 0.717) is 4.49 Å². The molecule has 0 saturated heterocycles. The van der Waals surface area contributed by atoms with Crippen molar-refractivity contribution < 1.29 is 0 Å². The molecule has 0 aliphatic heterocycles. The summed E-state index contributed by atoms with van der Waals surface area (Å²) in [6, 6.07) is 1.24. The number of allylic oxidation sites excluding steroid dienone is 1. The highest BCUT2D eigenvalue weighted by atomic mass is 35.5. The molecule has 0 bridgehead atoms. The first-order chi connectivity index (χ1) is 3.27. The fourth-order valence-electron chi connectivity index (χ4n) is 0.253. The maximum absolute atomic E-state index is 5.30. The molecule has 0 radical (unpaired) electrons. The Labute approximate surface area is 56.9 Å². The summed E-state index contributed by atoms with van der Waals surface area (Å²) >= 11 is 10.6. The molecule has 0 fully saturated rings. The van der Waals surface area contributed by atoms with E-state index in [2.05, 4.69) is 0 Å². The van der Waals surface area contributed by atoms with Crippen LogP contribution >= 0.6 is 23.2 Å². The first-order valence-electron chi connectivity index (χ1n) is 2.28. The lowest BCUT2D eigenvalue weighted by atomic mass is 10.5. The van der Waals surface area contributed by atoms with Crippen molar-refractivity contribution in [2.24, 2.45) is 0 Å². The lowest BCUT2D eigenvalue weighted by Crippen LogP contribution is -1.63. The van der Waals surface area contributed by atoms with Gasteiger partial charge in [-0.25, -0.2) is 0 Å². The van der Waals surface area contributed by atoms with E-state index in [1.54, 1.807) is 0 Å². The van der Waals surface area contributed by atoms with Gasteiger partial charge in [0.15, 0.2) is 0 Å². The second-order valence-electron chi connectivity index (χ2n) is 1.28. The van der Waals surface area contributed by atoms with Gasteiger partial charge >= 0.3 is 0 Å². The maximum Gasteiger partial charge on any atom is 0.102 e. The summed E-state index contributed by atoms with van der Waals surface area (Å²) in [6.07, 6.45) is 2.87. The number of rotatable bonds is 2. The third-order valence-electron chi connectivity index (χ3n) is 0.587. The van der Waals surface area contributed by atoms with Crippen LogP contribution in [0.4, 0.5) is 0 Å². The van der Waals surface area contributed by atoms with Crippen LogP contribution in [-0.4, -0.2) is 10.2 Å². The molecule has 0 atom stereocenters. The molecule has 3 heteroatoms. The fourth-order valence-corrected chi connectivity index (χ4v) is 0.760. The van der Waals surface area contributed by atoms with Crippen molar-refractivity contribution in [2.45, 2.75) is 12.5 Å². The van der Waals surface area contributed by atoms with Crippen LogP contribution < -0.4 is 0 Å². The van der Waals surface area contributed by atoms with Crippen LogP contribution in [0, 0.1) is 0 Å². The van der Waals surface area contributed by atoms with Gasteiger partial charge in [0.1, 0.15) is 4.49 Å². The van der Waals surface area contributed by atoms with Crippen molar-refractivity contribution in [3.8, 4) is 0 Å². The van der Waals surface area contributed by atoms with E-state index in [-0.39, 0.29) is 0 Å². The molecule has 0 rings (SSSR count). The van der Waals surface area contributed by atoms with Crippen LogP contribution in [0.5, 0.6) is 0 Å². The van der Waals surface area contributed by atoms with Gasteiger partial charge < -0.3 is 0 Å². The Morgan fingerprint density at radius 2 is 2.14 bits per heavy atom. The Kier molecular flexibility index (Phi) is 5.05. The van der Waals surface area contributed by atoms with Crippen LogP contribution in [0.3, 0.4) is 0 Å². The van der Waals surface area contributed by atoms with Gasteiger partial charge in [0.2, 0.25) is 0 Å². The van der Waals surface area contributed by atoms with Crippen molar-refractivity contribution in [3.05, 3.63) is 10.6 Å². The fraction of sp³-hybridized carbons (Fsp3) is 0.500. The van der Waals surface area contributed by atoms with Gasteiger partial charge in [-0.15, -0.1) is 0 Å². The van der Waals surface area contributed by atoms with Crippen molar-refractivity contribution >= 4 is 33.4 Å². The third kappa shape index (κ3) is 6.54. The highest BCUT2D eigenvalue weighted by Crippen LogP contribution is 2.07. The minimum absolute atomic E-state index is 0.399. The zero-order chi connectivity index (χ0) is 5.70. The summed E-state index contributed by atoms with van der Waals surface area (Å²) < 4.78 is 0.399. The van der Waals surface area contributed by atoms with Crippen LogP contribution in [0.2, 0.25) is 6.04 Å². The van der Waals surface area contributed by atoms with Gasteiger partial charge in [0.25, 0.3) is 0 Å². The molecule has 42 valence electrons. The minimum atomic E-state index is 0.399. The predicted molar refractivity (Wildman–Crippen MR) is 39.2 cm³/mol. The Morgan fingerprint density at radius 1 is 1.57 bits per heavy atom. The van der Waals surface area contributed by atoms with Crippen molar-refractivity contribution in [1.82, 2.24) is 0 Å². The lowest BCUT2D eigenvalue weighted by Gasteiger charge is -1.80. The molecule has 0 aromatic rings. The molecular formula is C4H8Cl2Si. The molecule has 0 N–H and O–H groups in total. The van der Waals surface area contributed by atoms with Crippen molar-refractivity contribution in [2.75, 3.05) is 0 Å². The number of hydrogen-bond acceptors (Lipinski definition) is 0. The van der Waals surface area contributed by atoms with E-state index < -0.39 is 0 Å². The monoisotopic (exact) mass is 154 g/mol. The Morgan fingerprint density at radius 3 is 2.29 bits per heavy atom. The molecule has 0 unspecified atom stereocenters. The van der Waals surface area contributed by atoms with Gasteiger partial charge in [0, 0.05) is 10.2 Å². The van der Waals surface area contributed by atoms with Gasteiger partial charge in [-0.1, -0.05) is 35.3 Å². The summed E-state index contributed by atoms with van der Waals surface area (Å²) in [4.78, 5) is 0. The zero-order valence-electron chi connectivity index (χ0n) is 4.25. The zero-order valence-corrected chi connectivity index (χ0v) is 7.76. The van der Waals surface area contributed by atoms with Crippen LogP contribution in [-0.2, 0) is 0 Å². The van der Waals surface area contributed by atoms with E-state index in [9.17, 15) is 0 Å². The molecule has 0 spiro atoms. The van der Waals surface area contributed by atoms with Gasteiger partial charge in [-0.2, -0.15) is 0 Å². The van der Waals surface area contributed by atoms with Crippen molar-refractivity contribution in [1.29, 1.82) is 0 Å². The highest BCUT2D eigenvalue weighted by molar-refractivity contribution is 6.55. The maximum atomic E-state index is 5.30. The second-order valence-corrected chi connectivity index (χ2v) is 3.29. The quantitative estimate of drug-likeness (QED) is 0.530. The van der Waals surface area contributed by atoms with Gasteiger partial charge in [-0.05, 0) is 6.42 Å². The van der Waals surface area contributed by atoms with Gasteiger partial charge in [0.05, 0.1) is 0 Å². The molecule has 0 aromatic heterocycles. The smallest absolute Gasteiger partial charge is 0.0713 e. The molecule has 0 saturated carbocycles. The summed E-state index contributed by atoms with van der Waals surface area (Å²) in [7, 11) is 1.23. The molecule has 7 heavy (non-hydrogen) atoms.